The second-order valence-corrected chi connectivity index (χ2v) is 6.34. The van der Waals surface area contributed by atoms with Crippen LogP contribution in [0.2, 0.25) is 0 Å². The number of nitrogens with zero attached hydrogens (tertiary/aromatic N) is 3. The first-order chi connectivity index (χ1) is 12.8. The summed E-state index contributed by atoms with van der Waals surface area (Å²) in [6.07, 6.45) is 0.0890. The summed E-state index contributed by atoms with van der Waals surface area (Å²) >= 11 is 0. The summed E-state index contributed by atoms with van der Waals surface area (Å²) in [6.45, 7) is 2.81. The number of ether oxygens (including phenoxy) is 2. The third-order valence-electron chi connectivity index (χ3n) is 4.58. The lowest BCUT2D eigenvalue weighted by Gasteiger charge is -2.24. The molecule has 1 aromatic heterocycles. The molecule has 0 saturated heterocycles. The molecule has 1 aliphatic rings. The minimum atomic E-state index is 0.0890. The first-order valence-corrected chi connectivity index (χ1v) is 8.76. The Kier molecular flexibility index (Phi) is 4.95. The number of aromatic nitrogens is 3. The highest BCUT2D eigenvalue weighted by molar-refractivity contribution is 5.61. The van der Waals surface area contributed by atoms with Crippen LogP contribution in [-0.4, -0.2) is 34.8 Å². The van der Waals surface area contributed by atoms with E-state index in [-0.39, 0.29) is 6.10 Å². The topological polar surface area (TPSA) is 61.2 Å². The number of rotatable bonds is 6. The fraction of sp³-hybridized carbons (Fsp3) is 0.300. The van der Waals surface area contributed by atoms with Gasteiger partial charge < -0.3 is 14.8 Å². The van der Waals surface area contributed by atoms with Gasteiger partial charge in [0.15, 0.2) is 0 Å². The maximum absolute atomic E-state index is 6.02. The van der Waals surface area contributed by atoms with Crippen molar-refractivity contribution in [2.45, 2.75) is 25.8 Å². The van der Waals surface area contributed by atoms with Crippen LogP contribution in [0.4, 0.5) is 0 Å². The molecule has 6 nitrogen and oxygen atoms in total. The maximum Gasteiger partial charge on any atom is 0.118 e. The van der Waals surface area contributed by atoms with Gasteiger partial charge in [0.1, 0.15) is 11.4 Å². The average Bonchev–Trinajstić information content (AvgIpc) is 3.12. The minimum absolute atomic E-state index is 0.0890. The van der Waals surface area contributed by atoms with E-state index in [1.165, 1.54) is 5.56 Å². The molecule has 134 valence electrons. The summed E-state index contributed by atoms with van der Waals surface area (Å²) in [7, 11) is 1.68. The summed E-state index contributed by atoms with van der Waals surface area (Å²) < 4.78 is 13.2. The van der Waals surface area contributed by atoms with Crippen molar-refractivity contribution in [3.63, 3.8) is 0 Å². The number of benzene rings is 2. The van der Waals surface area contributed by atoms with E-state index in [4.69, 9.17) is 9.47 Å². The van der Waals surface area contributed by atoms with Crippen LogP contribution in [0.15, 0.2) is 54.6 Å². The highest BCUT2D eigenvalue weighted by Crippen LogP contribution is 2.24. The van der Waals surface area contributed by atoms with E-state index in [0.29, 0.717) is 13.2 Å². The smallest absolute Gasteiger partial charge is 0.118 e. The van der Waals surface area contributed by atoms with Crippen molar-refractivity contribution in [3.05, 3.63) is 65.9 Å². The van der Waals surface area contributed by atoms with Crippen LogP contribution in [0, 0.1) is 0 Å². The molecule has 2 aromatic carbocycles. The Balaban J connectivity index is 1.33. The van der Waals surface area contributed by atoms with Crippen molar-refractivity contribution in [1.29, 1.82) is 0 Å². The van der Waals surface area contributed by atoms with Gasteiger partial charge in [-0.05, 0) is 17.7 Å². The minimum Gasteiger partial charge on any atom is -0.497 e. The monoisotopic (exact) mass is 350 g/mol. The van der Waals surface area contributed by atoms with Gasteiger partial charge in [0.25, 0.3) is 0 Å². The molecule has 6 heteroatoms. The summed E-state index contributed by atoms with van der Waals surface area (Å²) in [4.78, 5) is 0. The molecule has 0 radical (unpaired) electrons. The quantitative estimate of drug-likeness (QED) is 0.741. The Morgan fingerprint density at radius 1 is 1.15 bits per heavy atom. The molecule has 0 fully saturated rings. The Morgan fingerprint density at radius 2 is 1.96 bits per heavy atom. The van der Waals surface area contributed by atoms with Gasteiger partial charge in [-0.15, -0.1) is 5.10 Å². The van der Waals surface area contributed by atoms with Gasteiger partial charge in [-0.25, -0.2) is 4.68 Å². The molecular weight excluding hydrogens is 328 g/mol. The van der Waals surface area contributed by atoms with Crippen molar-refractivity contribution in [1.82, 2.24) is 20.3 Å². The zero-order valence-electron chi connectivity index (χ0n) is 14.8. The first-order valence-electron chi connectivity index (χ1n) is 8.76. The molecule has 0 bridgehead atoms. The molecule has 0 aliphatic carbocycles. The molecule has 1 atom stereocenters. The zero-order valence-corrected chi connectivity index (χ0v) is 14.8. The van der Waals surface area contributed by atoms with Gasteiger partial charge in [0.2, 0.25) is 0 Å². The largest absolute Gasteiger partial charge is 0.497 e. The molecular formula is C20H22N4O2. The SMILES string of the molecule is COc1ccc(CNC[C@@H]2Cn3nnc(-c4ccccc4)c3CO2)cc1. The predicted octanol–water partition coefficient (Wildman–Crippen LogP) is 2.64. The van der Waals surface area contributed by atoms with Gasteiger partial charge in [0, 0.05) is 18.7 Å². The van der Waals surface area contributed by atoms with Gasteiger partial charge in [-0.3, -0.25) is 0 Å². The van der Waals surface area contributed by atoms with Gasteiger partial charge in [-0.2, -0.15) is 0 Å². The van der Waals surface area contributed by atoms with Crippen LogP contribution in [0.25, 0.3) is 11.3 Å². The molecule has 1 aliphatic heterocycles. The first kappa shape index (κ1) is 16.8. The third-order valence-corrected chi connectivity index (χ3v) is 4.58. The fourth-order valence-electron chi connectivity index (χ4n) is 3.13. The Morgan fingerprint density at radius 3 is 2.73 bits per heavy atom. The van der Waals surface area contributed by atoms with Crippen molar-refractivity contribution in [2.75, 3.05) is 13.7 Å². The van der Waals surface area contributed by atoms with E-state index in [2.05, 4.69) is 27.8 Å². The summed E-state index contributed by atoms with van der Waals surface area (Å²) in [5.74, 6) is 0.872. The molecule has 0 unspecified atom stereocenters. The van der Waals surface area contributed by atoms with Crippen LogP contribution < -0.4 is 10.1 Å². The van der Waals surface area contributed by atoms with E-state index in [1.54, 1.807) is 7.11 Å². The summed E-state index contributed by atoms with van der Waals surface area (Å²) in [6, 6.07) is 18.2. The molecule has 0 amide bonds. The zero-order chi connectivity index (χ0) is 17.8. The summed E-state index contributed by atoms with van der Waals surface area (Å²) in [5.41, 5.74) is 4.25. The van der Waals surface area contributed by atoms with Crippen LogP contribution in [0.1, 0.15) is 11.3 Å². The van der Waals surface area contributed by atoms with E-state index in [9.17, 15) is 0 Å². The lowest BCUT2D eigenvalue weighted by atomic mass is 10.1. The Hall–Kier alpha value is -2.70. The molecule has 1 N–H and O–H groups in total. The van der Waals surface area contributed by atoms with E-state index >= 15 is 0 Å². The standard InChI is InChI=1S/C20H22N4O2/c1-25-17-9-7-15(8-10-17)11-21-12-18-13-24-19(14-26-18)20(22-23-24)16-5-3-2-4-6-16/h2-10,18,21H,11-14H2,1H3/t18-/m1/s1. The Labute approximate surface area is 152 Å². The van der Waals surface area contributed by atoms with Gasteiger partial charge >= 0.3 is 0 Å². The van der Waals surface area contributed by atoms with Crippen LogP contribution >= 0.6 is 0 Å². The predicted molar refractivity (Wildman–Crippen MR) is 98.7 cm³/mol. The summed E-state index contributed by atoms with van der Waals surface area (Å²) in [5, 5.41) is 12.1. The molecule has 2 heterocycles. The number of fused-ring (bicyclic) bond motifs is 1. The third kappa shape index (κ3) is 3.61. The van der Waals surface area contributed by atoms with Crippen molar-refractivity contribution >= 4 is 0 Å². The van der Waals surface area contributed by atoms with Crippen LogP contribution in [0.5, 0.6) is 5.75 Å². The molecule has 0 spiro atoms. The van der Waals surface area contributed by atoms with Crippen LogP contribution in [0.3, 0.4) is 0 Å². The molecule has 3 aromatic rings. The van der Waals surface area contributed by atoms with Crippen molar-refractivity contribution < 1.29 is 9.47 Å². The van der Waals surface area contributed by atoms with Gasteiger partial charge in [-0.1, -0.05) is 47.7 Å². The second-order valence-electron chi connectivity index (χ2n) is 6.34. The number of nitrogens with one attached hydrogen (secondary N) is 1. The molecule has 4 rings (SSSR count). The van der Waals surface area contributed by atoms with E-state index in [0.717, 1.165) is 35.8 Å². The fourth-order valence-corrected chi connectivity index (χ4v) is 3.13. The van der Waals surface area contributed by atoms with E-state index in [1.807, 2.05) is 47.1 Å². The molecule has 26 heavy (non-hydrogen) atoms. The van der Waals surface area contributed by atoms with Crippen molar-refractivity contribution in [2.24, 2.45) is 0 Å². The normalized spacial score (nSPS) is 16.3. The Bertz CT molecular complexity index is 846. The molecule has 0 saturated carbocycles. The lowest BCUT2D eigenvalue weighted by molar-refractivity contribution is 0.00125. The van der Waals surface area contributed by atoms with Gasteiger partial charge in [0.05, 0.1) is 32.1 Å². The second kappa shape index (κ2) is 7.68. The number of hydrogen-bond donors (Lipinski definition) is 1. The van der Waals surface area contributed by atoms with Crippen molar-refractivity contribution in [3.8, 4) is 17.0 Å². The van der Waals surface area contributed by atoms with E-state index < -0.39 is 0 Å². The highest BCUT2D eigenvalue weighted by atomic mass is 16.5. The maximum atomic E-state index is 6.02. The number of hydrogen-bond acceptors (Lipinski definition) is 5. The van der Waals surface area contributed by atoms with Crippen LogP contribution in [-0.2, 0) is 24.4 Å². The highest BCUT2D eigenvalue weighted by Gasteiger charge is 2.24. The average molecular weight is 350 g/mol. The number of methoxy groups -OCH3 is 1. The lowest BCUT2D eigenvalue weighted by Crippen LogP contribution is -2.36.